The van der Waals surface area contributed by atoms with Crippen LogP contribution in [0.3, 0.4) is 0 Å². The van der Waals surface area contributed by atoms with Gasteiger partial charge in [0.2, 0.25) is 5.91 Å². The molecule has 1 aliphatic heterocycles. The van der Waals surface area contributed by atoms with Crippen molar-refractivity contribution >= 4 is 17.9 Å². The number of nitrogens with zero attached hydrogens (tertiary/aromatic N) is 2. The van der Waals surface area contributed by atoms with Gasteiger partial charge < -0.3 is 4.90 Å². The lowest BCUT2D eigenvalue weighted by Gasteiger charge is -2.38. The molecule has 0 unspecified atom stereocenters. The van der Waals surface area contributed by atoms with Crippen molar-refractivity contribution in [3.63, 3.8) is 0 Å². The molecule has 0 bridgehead atoms. The number of piperazine rings is 1. The molecule has 0 radical (unpaired) electrons. The summed E-state index contributed by atoms with van der Waals surface area (Å²) in [6.45, 7) is 6.60. The quantitative estimate of drug-likeness (QED) is 0.569. The Hall–Kier alpha value is -0.220. The average Bonchev–Trinajstić information content (AvgIpc) is 2.03. The van der Waals surface area contributed by atoms with Crippen molar-refractivity contribution in [2.75, 3.05) is 25.9 Å². The molecular weight excluding hydrogens is 172 g/mol. The summed E-state index contributed by atoms with van der Waals surface area (Å²) in [5.74, 6) is 0.197. The highest BCUT2D eigenvalue weighted by Crippen LogP contribution is 2.14. The van der Waals surface area contributed by atoms with Crippen LogP contribution in [0.2, 0.25) is 0 Å². The number of hydrogen-bond acceptors (Lipinski definition) is 3. The van der Waals surface area contributed by atoms with Crippen molar-refractivity contribution in [2.45, 2.75) is 19.9 Å². The van der Waals surface area contributed by atoms with Gasteiger partial charge in [0.15, 0.2) is 0 Å². The first-order chi connectivity index (χ1) is 5.65. The first-order valence-electron chi connectivity index (χ1n) is 4.21. The zero-order valence-corrected chi connectivity index (χ0v) is 8.73. The molecule has 0 aromatic rings. The Morgan fingerprint density at radius 1 is 1.50 bits per heavy atom. The highest BCUT2D eigenvalue weighted by molar-refractivity contribution is 7.96. The van der Waals surface area contributed by atoms with E-state index in [4.69, 9.17) is 0 Å². The van der Waals surface area contributed by atoms with Crippen LogP contribution in [0.4, 0.5) is 0 Å². The highest BCUT2D eigenvalue weighted by atomic mass is 32.2. The fourth-order valence-corrected chi connectivity index (χ4v) is 2.19. The Bertz CT molecular complexity index is 174. The van der Waals surface area contributed by atoms with E-state index in [9.17, 15) is 4.79 Å². The maximum absolute atomic E-state index is 11.1. The van der Waals surface area contributed by atoms with Crippen LogP contribution in [0.25, 0.3) is 0 Å². The molecule has 1 saturated heterocycles. The molecule has 70 valence electrons. The van der Waals surface area contributed by atoms with E-state index in [1.54, 1.807) is 18.9 Å². The summed E-state index contributed by atoms with van der Waals surface area (Å²) in [5.41, 5.74) is 0. The van der Waals surface area contributed by atoms with Crippen molar-refractivity contribution in [2.24, 2.45) is 0 Å². The largest absolute Gasteiger partial charge is 0.338 e. The van der Waals surface area contributed by atoms with Gasteiger partial charge in [0.1, 0.15) is 0 Å². The van der Waals surface area contributed by atoms with Gasteiger partial charge in [-0.2, -0.15) is 0 Å². The molecule has 1 atom stereocenters. The van der Waals surface area contributed by atoms with E-state index >= 15 is 0 Å². The van der Waals surface area contributed by atoms with E-state index in [2.05, 4.69) is 17.5 Å². The lowest BCUT2D eigenvalue weighted by molar-refractivity contribution is -0.132. The molecule has 0 spiro atoms. The Labute approximate surface area is 78.2 Å². The topological polar surface area (TPSA) is 23.6 Å². The molecule has 0 saturated carbocycles. The van der Waals surface area contributed by atoms with E-state index in [0.29, 0.717) is 6.04 Å². The number of hydrogen-bond donors (Lipinski definition) is 0. The summed E-state index contributed by atoms with van der Waals surface area (Å²) in [7, 11) is 0. The van der Waals surface area contributed by atoms with Gasteiger partial charge in [-0.05, 0) is 13.2 Å². The predicted molar refractivity (Wildman–Crippen MR) is 51.9 cm³/mol. The second-order valence-corrected chi connectivity index (χ2v) is 4.01. The van der Waals surface area contributed by atoms with Crippen molar-refractivity contribution in [3.8, 4) is 0 Å². The standard InChI is InChI=1S/C8H16N2OS/c1-7-6-9(12-3)4-5-10(7)8(2)11/h7H,4-6H2,1-3H3/t7-/m0/s1. The molecule has 1 fully saturated rings. The summed E-state index contributed by atoms with van der Waals surface area (Å²) in [6, 6.07) is 0.365. The Morgan fingerprint density at radius 3 is 2.58 bits per heavy atom. The minimum Gasteiger partial charge on any atom is -0.338 e. The fourth-order valence-electron chi connectivity index (χ4n) is 1.56. The van der Waals surface area contributed by atoms with Gasteiger partial charge in [-0.15, -0.1) is 0 Å². The van der Waals surface area contributed by atoms with Crippen LogP contribution in [0, 0.1) is 0 Å². The van der Waals surface area contributed by atoms with Gasteiger partial charge in [0.05, 0.1) is 0 Å². The van der Waals surface area contributed by atoms with Crippen LogP contribution in [0.1, 0.15) is 13.8 Å². The zero-order valence-electron chi connectivity index (χ0n) is 7.91. The Kier molecular flexibility index (Phi) is 3.40. The van der Waals surface area contributed by atoms with Gasteiger partial charge in [0, 0.05) is 32.6 Å². The van der Waals surface area contributed by atoms with Crippen molar-refractivity contribution in [1.29, 1.82) is 0 Å². The summed E-state index contributed by atoms with van der Waals surface area (Å²) in [6.07, 6.45) is 2.08. The molecule has 1 heterocycles. The predicted octanol–water partition coefficient (Wildman–Crippen LogP) is 0.817. The number of rotatable bonds is 1. The van der Waals surface area contributed by atoms with Crippen LogP contribution < -0.4 is 0 Å². The third-order valence-electron chi connectivity index (χ3n) is 2.25. The van der Waals surface area contributed by atoms with E-state index in [-0.39, 0.29) is 5.91 Å². The molecular formula is C8H16N2OS. The highest BCUT2D eigenvalue weighted by Gasteiger charge is 2.24. The van der Waals surface area contributed by atoms with Crippen molar-refractivity contribution in [3.05, 3.63) is 0 Å². The van der Waals surface area contributed by atoms with Crippen LogP contribution in [0.5, 0.6) is 0 Å². The smallest absolute Gasteiger partial charge is 0.219 e. The maximum atomic E-state index is 11.1. The third-order valence-corrected chi connectivity index (χ3v) is 3.10. The summed E-state index contributed by atoms with van der Waals surface area (Å²) in [4.78, 5) is 13.0. The van der Waals surface area contributed by atoms with Gasteiger partial charge in [0.25, 0.3) is 0 Å². The number of carbonyl (C=O) groups is 1. The summed E-state index contributed by atoms with van der Waals surface area (Å²) >= 11 is 1.76. The molecule has 0 N–H and O–H groups in total. The first kappa shape index (κ1) is 9.86. The average molecular weight is 188 g/mol. The normalized spacial score (nSPS) is 25.9. The van der Waals surface area contributed by atoms with E-state index < -0.39 is 0 Å². The van der Waals surface area contributed by atoms with E-state index in [1.807, 2.05) is 4.90 Å². The lowest BCUT2D eigenvalue weighted by Crippen LogP contribution is -2.51. The number of amides is 1. The zero-order chi connectivity index (χ0) is 9.14. The molecule has 12 heavy (non-hydrogen) atoms. The second kappa shape index (κ2) is 4.14. The second-order valence-electron chi connectivity index (χ2n) is 3.13. The van der Waals surface area contributed by atoms with Crippen molar-refractivity contribution < 1.29 is 4.79 Å². The minimum atomic E-state index is 0.197. The molecule has 0 aromatic heterocycles. The van der Waals surface area contributed by atoms with Gasteiger partial charge in [-0.3, -0.25) is 4.79 Å². The maximum Gasteiger partial charge on any atom is 0.219 e. The van der Waals surface area contributed by atoms with Gasteiger partial charge >= 0.3 is 0 Å². The van der Waals surface area contributed by atoms with Crippen LogP contribution in [-0.4, -0.2) is 47.0 Å². The molecule has 1 aliphatic rings. The minimum absolute atomic E-state index is 0.197. The molecule has 1 rings (SSSR count). The fraction of sp³-hybridized carbons (Fsp3) is 0.875. The number of carbonyl (C=O) groups excluding carboxylic acids is 1. The van der Waals surface area contributed by atoms with Crippen LogP contribution >= 0.6 is 11.9 Å². The molecule has 4 heteroatoms. The van der Waals surface area contributed by atoms with Gasteiger partial charge in [-0.1, -0.05) is 11.9 Å². The van der Waals surface area contributed by atoms with E-state index in [0.717, 1.165) is 19.6 Å². The van der Waals surface area contributed by atoms with Crippen LogP contribution in [-0.2, 0) is 4.79 Å². The van der Waals surface area contributed by atoms with E-state index in [1.165, 1.54) is 0 Å². The van der Waals surface area contributed by atoms with Crippen LogP contribution in [0.15, 0.2) is 0 Å². The molecule has 0 aromatic carbocycles. The first-order valence-corrected chi connectivity index (χ1v) is 5.39. The summed E-state index contributed by atoms with van der Waals surface area (Å²) < 4.78 is 2.30. The lowest BCUT2D eigenvalue weighted by atomic mass is 10.2. The SMILES string of the molecule is CSN1CCN(C(C)=O)[C@@H](C)C1. The van der Waals surface area contributed by atoms with Crippen molar-refractivity contribution in [1.82, 2.24) is 9.21 Å². The molecule has 3 nitrogen and oxygen atoms in total. The summed E-state index contributed by atoms with van der Waals surface area (Å²) in [5, 5.41) is 0. The van der Waals surface area contributed by atoms with Gasteiger partial charge in [-0.25, -0.2) is 4.31 Å². The third kappa shape index (κ3) is 2.14. The Balaban J connectivity index is 2.47. The monoisotopic (exact) mass is 188 g/mol. The Morgan fingerprint density at radius 2 is 2.17 bits per heavy atom. The molecule has 0 aliphatic carbocycles. The molecule has 1 amide bonds.